The number of hydrogen-bond acceptors (Lipinski definition) is 5. The second kappa shape index (κ2) is 5.93. The van der Waals surface area contributed by atoms with Crippen LogP contribution in [0, 0.1) is 0 Å². The van der Waals surface area contributed by atoms with Crippen LogP contribution in [0.1, 0.15) is 17.3 Å². The molecule has 6 heteroatoms. The van der Waals surface area contributed by atoms with E-state index in [9.17, 15) is 9.90 Å². The topological polar surface area (TPSA) is 78.5 Å². The molecule has 0 bridgehead atoms. The summed E-state index contributed by atoms with van der Waals surface area (Å²) in [5.74, 6) is 0.0309. The third-order valence-electron chi connectivity index (χ3n) is 3.92. The van der Waals surface area contributed by atoms with E-state index in [-0.39, 0.29) is 11.8 Å². The summed E-state index contributed by atoms with van der Waals surface area (Å²) in [6, 6.07) is 3.40. The highest BCUT2D eigenvalue weighted by molar-refractivity contribution is 6.09. The highest BCUT2D eigenvalue weighted by Crippen LogP contribution is 2.19. The summed E-state index contributed by atoms with van der Waals surface area (Å²) in [5, 5.41) is 10.6. The van der Waals surface area contributed by atoms with E-state index in [4.69, 9.17) is 4.74 Å². The predicted molar refractivity (Wildman–Crippen MR) is 78.3 cm³/mol. The van der Waals surface area contributed by atoms with Crippen LogP contribution >= 0.6 is 0 Å². The second-order valence-corrected chi connectivity index (χ2v) is 5.37. The van der Waals surface area contributed by atoms with E-state index in [2.05, 4.69) is 9.97 Å². The number of pyridine rings is 1. The Morgan fingerprint density at radius 2 is 2.48 bits per heavy atom. The number of hydrogen-bond donors (Lipinski definition) is 2. The average molecular weight is 289 g/mol. The van der Waals surface area contributed by atoms with E-state index in [1.54, 1.807) is 12.4 Å². The largest absolute Gasteiger partial charge is 0.389 e. The summed E-state index contributed by atoms with van der Waals surface area (Å²) in [4.78, 5) is 21.9. The molecular weight excluding hydrogens is 270 g/mol. The lowest BCUT2D eigenvalue weighted by Crippen LogP contribution is -2.43. The molecule has 0 radical (unpaired) electrons. The zero-order valence-corrected chi connectivity index (χ0v) is 12.0. The molecular formula is C15H19N3O3. The van der Waals surface area contributed by atoms with E-state index in [0.717, 1.165) is 5.39 Å². The summed E-state index contributed by atoms with van der Waals surface area (Å²) in [6.07, 6.45) is 2.85. The minimum absolute atomic E-state index is 0.0309. The van der Waals surface area contributed by atoms with Gasteiger partial charge in [-0.25, -0.2) is 4.98 Å². The first-order valence-electron chi connectivity index (χ1n) is 7.13. The van der Waals surface area contributed by atoms with E-state index < -0.39 is 6.10 Å². The Morgan fingerprint density at radius 1 is 1.62 bits per heavy atom. The number of ketones is 1. The standard InChI is InChI=1S/C15H19N3O3/c1-10(18-5-6-21-9-11(19)8-18)14(20)13-7-17-15-12(13)3-2-4-16-15/h2-4,7,10-11,19H,5-6,8-9H2,1H3,(H,16,17). The fraction of sp³-hybridized carbons (Fsp3) is 0.467. The van der Waals surface area contributed by atoms with Crippen LogP contribution in [-0.4, -0.2) is 64.2 Å². The molecule has 0 aliphatic carbocycles. The van der Waals surface area contributed by atoms with E-state index in [1.807, 2.05) is 24.0 Å². The second-order valence-electron chi connectivity index (χ2n) is 5.37. The minimum Gasteiger partial charge on any atom is -0.389 e. The summed E-state index contributed by atoms with van der Waals surface area (Å²) in [7, 11) is 0. The Bertz CT molecular complexity index is 640. The quantitative estimate of drug-likeness (QED) is 0.818. The van der Waals surface area contributed by atoms with Gasteiger partial charge in [0.1, 0.15) is 5.65 Å². The molecule has 21 heavy (non-hydrogen) atoms. The molecule has 0 saturated carbocycles. The molecule has 2 aromatic rings. The van der Waals surface area contributed by atoms with Crippen LogP contribution in [0.2, 0.25) is 0 Å². The van der Waals surface area contributed by atoms with Crippen molar-refractivity contribution >= 4 is 16.8 Å². The van der Waals surface area contributed by atoms with Crippen molar-refractivity contribution in [2.24, 2.45) is 0 Å². The first-order valence-corrected chi connectivity index (χ1v) is 7.13. The lowest BCUT2D eigenvalue weighted by Gasteiger charge is -2.26. The fourth-order valence-electron chi connectivity index (χ4n) is 2.72. The van der Waals surface area contributed by atoms with Crippen LogP contribution < -0.4 is 0 Å². The van der Waals surface area contributed by atoms with E-state index in [0.29, 0.717) is 37.5 Å². The number of fused-ring (bicyclic) bond motifs is 1. The molecule has 2 N–H and O–H groups in total. The summed E-state index contributed by atoms with van der Waals surface area (Å²) in [6.45, 7) is 3.83. The number of β-amino-alcohol motifs (C(OH)–C–C–N with tert-alkyl or cyclic N) is 1. The van der Waals surface area contributed by atoms with Crippen molar-refractivity contribution in [3.8, 4) is 0 Å². The molecule has 0 spiro atoms. The number of aliphatic hydroxyl groups excluding tert-OH is 1. The molecule has 1 aliphatic heterocycles. The van der Waals surface area contributed by atoms with Crippen molar-refractivity contribution in [2.75, 3.05) is 26.3 Å². The van der Waals surface area contributed by atoms with Gasteiger partial charge < -0.3 is 14.8 Å². The lowest BCUT2D eigenvalue weighted by molar-refractivity contribution is 0.0538. The Balaban J connectivity index is 1.83. The fourth-order valence-corrected chi connectivity index (χ4v) is 2.72. The smallest absolute Gasteiger partial charge is 0.181 e. The molecule has 112 valence electrons. The van der Waals surface area contributed by atoms with E-state index in [1.165, 1.54) is 0 Å². The van der Waals surface area contributed by atoms with Gasteiger partial charge in [0.2, 0.25) is 0 Å². The normalized spacial score (nSPS) is 22.1. The van der Waals surface area contributed by atoms with Gasteiger partial charge in [0.25, 0.3) is 0 Å². The molecule has 6 nitrogen and oxygen atoms in total. The molecule has 1 aliphatic rings. The summed E-state index contributed by atoms with van der Waals surface area (Å²) < 4.78 is 5.31. The maximum Gasteiger partial charge on any atom is 0.181 e. The molecule has 2 aromatic heterocycles. The minimum atomic E-state index is -0.549. The average Bonchev–Trinajstić information content (AvgIpc) is 2.81. The number of H-pyrrole nitrogens is 1. The number of nitrogens with zero attached hydrogens (tertiary/aromatic N) is 2. The van der Waals surface area contributed by atoms with Crippen molar-refractivity contribution in [3.05, 3.63) is 30.1 Å². The number of carbonyl (C=O) groups excluding carboxylic acids is 1. The molecule has 2 unspecified atom stereocenters. The first-order chi connectivity index (χ1) is 10.2. The van der Waals surface area contributed by atoms with Crippen molar-refractivity contribution in [2.45, 2.75) is 19.1 Å². The number of Topliss-reactive ketones (excluding diaryl/α,β-unsaturated/α-hetero) is 1. The number of aromatic nitrogens is 2. The van der Waals surface area contributed by atoms with Gasteiger partial charge in [-0.2, -0.15) is 0 Å². The Morgan fingerprint density at radius 3 is 3.33 bits per heavy atom. The SMILES string of the molecule is CC(C(=O)c1c[nH]c2ncccc12)N1CCOCC(O)C1. The van der Waals surface area contributed by atoms with Gasteiger partial charge in [0, 0.05) is 36.4 Å². The van der Waals surface area contributed by atoms with Crippen LogP contribution in [-0.2, 0) is 4.74 Å². The van der Waals surface area contributed by atoms with Crippen LogP contribution in [0.3, 0.4) is 0 Å². The van der Waals surface area contributed by atoms with Gasteiger partial charge in [-0.3, -0.25) is 9.69 Å². The Labute approximate surface area is 122 Å². The third kappa shape index (κ3) is 2.83. The van der Waals surface area contributed by atoms with Gasteiger partial charge in [-0.15, -0.1) is 0 Å². The molecule has 0 amide bonds. The summed E-state index contributed by atoms with van der Waals surface area (Å²) in [5.41, 5.74) is 1.36. The zero-order chi connectivity index (χ0) is 14.8. The number of aliphatic hydroxyl groups is 1. The molecule has 2 atom stereocenters. The van der Waals surface area contributed by atoms with Crippen LogP contribution in [0.5, 0.6) is 0 Å². The zero-order valence-electron chi connectivity index (χ0n) is 12.0. The van der Waals surface area contributed by atoms with Gasteiger partial charge in [0.05, 0.1) is 25.4 Å². The number of aromatic amines is 1. The Kier molecular flexibility index (Phi) is 4.01. The monoisotopic (exact) mass is 289 g/mol. The van der Waals surface area contributed by atoms with E-state index >= 15 is 0 Å². The highest BCUT2D eigenvalue weighted by atomic mass is 16.5. The Hall–Kier alpha value is -1.76. The molecule has 3 rings (SSSR count). The number of carbonyl (C=O) groups is 1. The third-order valence-corrected chi connectivity index (χ3v) is 3.92. The number of ether oxygens (including phenoxy) is 1. The van der Waals surface area contributed by atoms with Gasteiger partial charge in [0.15, 0.2) is 5.78 Å². The summed E-state index contributed by atoms with van der Waals surface area (Å²) >= 11 is 0. The lowest BCUT2D eigenvalue weighted by atomic mass is 10.0. The maximum absolute atomic E-state index is 12.7. The first kappa shape index (κ1) is 14.2. The molecule has 1 saturated heterocycles. The van der Waals surface area contributed by atoms with Crippen LogP contribution in [0.15, 0.2) is 24.5 Å². The molecule has 3 heterocycles. The van der Waals surface area contributed by atoms with Crippen molar-refractivity contribution in [3.63, 3.8) is 0 Å². The van der Waals surface area contributed by atoms with Gasteiger partial charge >= 0.3 is 0 Å². The molecule has 0 aromatic carbocycles. The van der Waals surface area contributed by atoms with Crippen LogP contribution in [0.25, 0.3) is 11.0 Å². The predicted octanol–water partition coefficient (Wildman–Crippen LogP) is 0.827. The molecule has 1 fully saturated rings. The van der Waals surface area contributed by atoms with Gasteiger partial charge in [-0.1, -0.05) is 0 Å². The maximum atomic E-state index is 12.7. The van der Waals surface area contributed by atoms with Crippen molar-refractivity contribution in [1.29, 1.82) is 0 Å². The van der Waals surface area contributed by atoms with Crippen molar-refractivity contribution in [1.82, 2.24) is 14.9 Å². The van der Waals surface area contributed by atoms with Crippen LogP contribution in [0.4, 0.5) is 0 Å². The highest BCUT2D eigenvalue weighted by Gasteiger charge is 2.27. The number of rotatable bonds is 3. The van der Waals surface area contributed by atoms with Gasteiger partial charge in [-0.05, 0) is 19.1 Å². The van der Waals surface area contributed by atoms with Crippen molar-refractivity contribution < 1.29 is 14.6 Å². The number of nitrogens with one attached hydrogen (secondary N) is 1.